The molecule has 1 N–H and O–H groups in total. The van der Waals surface area contributed by atoms with Crippen molar-refractivity contribution in [1.82, 2.24) is 5.32 Å². The molecular formula is C14H18N2. The molecule has 1 aromatic rings. The molecule has 1 aliphatic heterocycles. The Labute approximate surface area is 97.3 Å². The molecule has 0 saturated carbocycles. The first-order valence-electron chi connectivity index (χ1n) is 5.96. The van der Waals surface area contributed by atoms with Gasteiger partial charge in [-0.1, -0.05) is 29.8 Å². The van der Waals surface area contributed by atoms with E-state index in [-0.39, 0.29) is 5.54 Å². The lowest BCUT2D eigenvalue weighted by Gasteiger charge is -2.20. The highest BCUT2D eigenvalue weighted by Crippen LogP contribution is 2.24. The molecular weight excluding hydrogens is 196 g/mol. The topological polar surface area (TPSA) is 35.8 Å². The summed E-state index contributed by atoms with van der Waals surface area (Å²) in [5, 5.41) is 12.6. The molecule has 0 amide bonds. The standard InChI is InChI=1S/C14H18N2/c1-12-3-5-13(6-4-12)7-9-14(11-15)8-2-10-16-14/h3-6,16H,2,7-10H2,1H3. The Morgan fingerprint density at radius 2 is 2.12 bits per heavy atom. The first kappa shape index (κ1) is 11.2. The van der Waals surface area contributed by atoms with Gasteiger partial charge in [0, 0.05) is 0 Å². The van der Waals surface area contributed by atoms with E-state index in [9.17, 15) is 5.26 Å². The van der Waals surface area contributed by atoms with Gasteiger partial charge >= 0.3 is 0 Å². The van der Waals surface area contributed by atoms with E-state index in [0.29, 0.717) is 0 Å². The highest BCUT2D eigenvalue weighted by molar-refractivity contribution is 5.22. The van der Waals surface area contributed by atoms with Crippen molar-refractivity contribution in [1.29, 1.82) is 5.26 Å². The Hall–Kier alpha value is -1.33. The third-order valence-electron chi connectivity index (χ3n) is 3.42. The third-order valence-corrected chi connectivity index (χ3v) is 3.42. The molecule has 0 bridgehead atoms. The molecule has 1 aliphatic rings. The van der Waals surface area contributed by atoms with Gasteiger partial charge in [-0.25, -0.2) is 0 Å². The Kier molecular flexibility index (Phi) is 3.26. The lowest BCUT2D eigenvalue weighted by atomic mass is 9.91. The van der Waals surface area contributed by atoms with E-state index in [0.717, 1.165) is 32.2 Å². The minimum absolute atomic E-state index is 0.259. The lowest BCUT2D eigenvalue weighted by molar-refractivity contribution is 0.447. The van der Waals surface area contributed by atoms with Gasteiger partial charge in [-0.15, -0.1) is 0 Å². The Morgan fingerprint density at radius 1 is 1.38 bits per heavy atom. The maximum Gasteiger partial charge on any atom is 0.107 e. The summed E-state index contributed by atoms with van der Waals surface area (Å²) in [6.45, 7) is 3.08. The quantitative estimate of drug-likeness (QED) is 0.839. The molecule has 0 spiro atoms. The van der Waals surface area contributed by atoms with Crippen LogP contribution in [0.2, 0.25) is 0 Å². The van der Waals surface area contributed by atoms with Crippen LogP contribution in [0.5, 0.6) is 0 Å². The van der Waals surface area contributed by atoms with Gasteiger partial charge in [-0.05, 0) is 44.7 Å². The summed E-state index contributed by atoms with van der Waals surface area (Å²) in [6, 6.07) is 11.0. The Bertz CT molecular complexity index is 380. The molecule has 1 atom stereocenters. The van der Waals surface area contributed by atoms with Crippen LogP contribution in [0, 0.1) is 18.3 Å². The SMILES string of the molecule is Cc1ccc(CCC2(C#N)CCCN2)cc1. The summed E-state index contributed by atoms with van der Waals surface area (Å²) >= 11 is 0. The second-order valence-corrected chi connectivity index (χ2v) is 4.71. The zero-order valence-electron chi connectivity index (χ0n) is 9.79. The highest BCUT2D eigenvalue weighted by Gasteiger charge is 2.32. The lowest BCUT2D eigenvalue weighted by Crippen LogP contribution is -2.38. The van der Waals surface area contributed by atoms with Crippen molar-refractivity contribution >= 4 is 0 Å². The van der Waals surface area contributed by atoms with Gasteiger partial charge < -0.3 is 0 Å². The monoisotopic (exact) mass is 214 g/mol. The predicted molar refractivity (Wildman–Crippen MR) is 65.1 cm³/mol. The van der Waals surface area contributed by atoms with E-state index in [4.69, 9.17) is 0 Å². The van der Waals surface area contributed by atoms with Crippen molar-refractivity contribution in [3.63, 3.8) is 0 Å². The molecule has 84 valence electrons. The van der Waals surface area contributed by atoms with Crippen LogP contribution in [-0.4, -0.2) is 12.1 Å². The summed E-state index contributed by atoms with van der Waals surface area (Å²) in [4.78, 5) is 0. The van der Waals surface area contributed by atoms with Gasteiger partial charge in [0.25, 0.3) is 0 Å². The molecule has 0 aromatic heterocycles. The van der Waals surface area contributed by atoms with Crippen LogP contribution >= 0.6 is 0 Å². The summed E-state index contributed by atoms with van der Waals surface area (Å²) in [5.74, 6) is 0. The average molecular weight is 214 g/mol. The van der Waals surface area contributed by atoms with Crippen molar-refractivity contribution in [2.75, 3.05) is 6.54 Å². The molecule has 2 heteroatoms. The maximum absolute atomic E-state index is 9.23. The zero-order valence-corrected chi connectivity index (χ0v) is 9.79. The minimum atomic E-state index is -0.259. The van der Waals surface area contributed by atoms with Crippen LogP contribution in [0.3, 0.4) is 0 Å². The third kappa shape index (κ3) is 2.43. The first-order chi connectivity index (χ1) is 7.74. The summed E-state index contributed by atoms with van der Waals surface area (Å²) in [6.07, 6.45) is 4.03. The molecule has 1 saturated heterocycles. The first-order valence-corrected chi connectivity index (χ1v) is 5.96. The fourth-order valence-corrected chi connectivity index (χ4v) is 2.28. The fourth-order valence-electron chi connectivity index (χ4n) is 2.28. The average Bonchev–Trinajstić information content (AvgIpc) is 2.78. The maximum atomic E-state index is 9.23. The molecule has 1 aromatic carbocycles. The van der Waals surface area contributed by atoms with Crippen LogP contribution < -0.4 is 5.32 Å². The molecule has 0 aliphatic carbocycles. The summed E-state index contributed by atoms with van der Waals surface area (Å²) in [7, 11) is 0. The van der Waals surface area contributed by atoms with Crippen molar-refractivity contribution in [2.24, 2.45) is 0 Å². The summed E-state index contributed by atoms with van der Waals surface area (Å²) in [5.41, 5.74) is 2.36. The largest absolute Gasteiger partial charge is 0.299 e. The van der Waals surface area contributed by atoms with Crippen LogP contribution in [0.25, 0.3) is 0 Å². The van der Waals surface area contributed by atoms with Crippen molar-refractivity contribution in [3.05, 3.63) is 35.4 Å². The number of aryl methyl sites for hydroxylation is 2. The number of hydrogen-bond donors (Lipinski definition) is 1. The van der Waals surface area contributed by atoms with Gasteiger partial charge in [-0.2, -0.15) is 5.26 Å². The normalized spacial score (nSPS) is 24.2. The number of nitrogens with one attached hydrogen (secondary N) is 1. The van der Waals surface area contributed by atoms with Crippen molar-refractivity contribution in [3.8, 4) is 6.07 Å². The van der Waals surface area contributed by atoms with Crippen LogP contribution in [0.15, 0.2) is 24.3 Å². The number of hydrogen-bond acceptors (Lipinski definition) is 2. The number of nitriles is 1. The fraction of sp³-hybridized carbons (Fsp3) is 0.500. The zero-order chi connectivity index (χ0) is 11.4. The molecule has 2 rings (SSSR count). The van der Waals surface area contributed by atoms with E-state index in [1.807, 2.05) is 0 Å². The molecule has 1 heterocycles. The van der Waals surface area contributed by atoms with Crippen molar-refractivity contribution in [2.45, 2.75) is 38.1 Å². The van der Waals surface area contributed by atoms with Crippen LogP contribution in [0.1, 0.15) is 30.4 Å². The molecule has 1 fully saturated rings. The molecule has 16 heavy (non-hydrogen) atoms. The van der Waals surface area contributed by atoms with Crippen molar-refractivity contribution < 1.29 is 0 Å². The molecule has 1 unspecified atom stereocenters. The van der Waals surface area contributed by atoms with Gasteiger partial charge in [0.1, 0.15) is 5.54 Å². The van der Waals surface area contributed by atoms with E-state index in [1.54, 1.807) is 0 Å². The second-order valence-electron chi connectivity index (χ2n) is 4.71. The van der Waals surface area contributed by atoms with Crippen LogP contribution in [0.4, 0.5) is 0 Å². The minimum Gasteiger partial charge on any atom is -0.299 e. The molecule has 0 radical (unpaired) electrons. The van der Waals surface area contributed by atoms with E-state index >= 15 is 0 Å². The summed E-state index contributed by atoms with van der Waals surface area (Å²) < 4.78 is 0. The highest BCUT2D eigenvalue weighted by atomic mass is 15.0. The predicted octanol–water partition coefficient (Wildman–Crippen LogP) is 2.57. The Morgan fingerprint density at radius 3 is 2.69 bits per heavy atom. The van der Waals surface area contributed by atoms with Gasteiger partial charge in [0.15, 0.2) is 0 Å². The number of rotatable bonds is 3. The van der Waals surface area contributed by atoms with E-state index in [2.05, 4.69) is 42.6 Å². The van der Waals surface area contributed by atoms with E-state index in [1.165, 1.54) is 11.1 Å². The number of nitrogens with zero attached hydrogens (tertiary/aromatic N) is 1. The number of benzene rings is 1. The van der Waals surface area contributed by atoms with Gasteiger partial charge in [-0.3, -0.25) is 5.32 Å². The van der Waals surface area contributed by atoms with E-state index < -0.39 is 0 Å². The second kappa shape index (κ2) is 4.67. The van der Waals surface area contributed by atoms with Gasteiger partial charge in [0.2, 0.25) is 0 Å². The van der Waals surface area contributed by atoms with Crippen LogP contribution in [-0.2, 0) is 6.42 Å². The Balaban J connectivity index is 1.96. The smallest absolute Gasteiger partial charge is 0.107 e. The van der Waals surface area contributed by atoms with Gasteiger partial charge in [0.05, 0.1) is 6.07 Å². The molecule has 2 nitrogen and oxygen atoms in total.